The van der Waals surface area contributed by atoms with Crippen LogP contribution in [0.3, 0.4) is 0 Å². The summed E-state index contributed by atoms with van der Waals surface area (Å²) in [7, 11) is 4.26. The van der Waals surface area contributed by atoms with Crippen molar-refractivity contribution < 1.29 is 9.47 Å². The van der Waals surface area contributed by atoms with Gasteiger partial charge in [0.15, 0.2) is 0 Å². The number of para-hydroxylation sites is 3. The molecule has 0 spiro atoms. The van der Waals surface area contributed by atoms with Gasteiger partial charge in [-0.15, -0.1) is 0 Å². The van der Waals surface area contributed by atoms with Crippen molar-refractivity contribution in [2.75, 3.05) is 23.9 Å². The van der Waals surface area contributed by atoms with Crippen LogP contribution in [0.4, 0.5) is 22.7 Å². The lowest BCUT2D eigenvalue weighted by Gasteiger charge is -2.38. The molecule has 4 heteroatoms. The Labute approximate surface area is 217 Å². The smallest absolute Gasteiger partial charge is 0.139 e. The molecule has 0 aliphatic carbocycles. The van der Waals surface area contributed by atoms with Crippen LogP contribution < -0.4 is 19.3 Å². The first-order valence-corrected chi connectivity index (χ1v) is 12.4. The predicted octanol–water partition coefficient (Wildman–Crippen LogP) is 9.10. The molecule has 0 amide bonds. The van der Waals surface area contributed by atoms with Crippen molar-refractivity contribution in [2.45, 2.75) is 6.92 Å². The van der Waals surface area contributed by atoms with E-state index in [9.17, 15) is 0 Å². The highest BCUT2D eigenvalue weighted by molar-refractivity contribution is 5.96. The number of hydrogen-bond donors (Lipinski definition) is 0. The van der Waals surface area contributed by atoms with E-state index in [1.165, 1.54) is 16.9 Å². The van der Waals surface area contributed by atoms with Gasteiger partial charge in [-0.1, -0.05) is 60.7 Å². The maximum atomic E-state index is 6.41. The summed E-state index contributed by atoms with van der Waals surface area (Å²) >= 11 is 0. The summed E-state index contributed by atoms with van der Waals surface area (Å²) in [4.78, 5) is 4.54. The Morgan fingerprint density at radius 3 is 1.73 bits per heavy atom. The fourth-order valence-electron chi connectivity index (χ4n) is 5.03. The summed E-state index contributed by atoms with van der Waals surface area (Å²) < 4.78 is 12.8. The highest BCUT2D eigenvalue weighted by atomic mass is 16.5. The summed E-state index contributed by atoms with van der Waals surface area (Å²) in [5.74, 6) is 3.03. The third-order valence-corrected chi connectivity index (χ3v) is 6.83. The number of fused-ring (bicyclic) bond motifs is 2. The van der Waals surface area contributed by atoms with Crippen LogP contribution in [-0.4, -0.2) is 14.1 Å². The topological polar surface area (TPSA) is 24.9 Å². The van der Waals surface area contributed by atoms with Gasteiger partial charge in [0.1, 0.15) is 23.0 Å². The number of rotatable bonds is 5. The lowest BCUT2D eigenvalue weighted by molar-refractivity contribution is 0.463. The van der Waals surface area contributed by atoms with Crippen LogP contribution in [0.1, 0.15) is 5.56 Å². The highest BCUT2D eigenvalue weighted by Crippen LogP contribution is 2.50. The fraction of sp³-hybridized carbons (Fsp3) is 0.0909. The van der Waals surface area contributed by atoms with E-state index in [1.54, 1.807) is 0 Å². The van der Waals surface area contributed by atoms with Crippen LogP contribution in [0.15, 0.2) is 115 Å². The Morgan fingerprint density at radius 1 is 0.514 bits per heavy atom. The molecule has 1 aliphatic rings. The van der Waals surface area contributed by atoms with Gasteiger partial charge >= 0.3 is 0 Å². The molecular formula is C33H28N2O2. The number of aryl methyl sites for hydroxylation is 1. The van der Waals surface area contributed by atoms with Crippen LogP contribution in [0.25, 0.3) is 11.1 Å². The van der Waals surface area contributed by atoms with Gasteiger partial charge in [0, 0.05) is 14.1 Å². The minimum atomic E-state index is 0.739. The molecule has 1 heterocycles. The molecule has 0 aromatic heterocycles. The van der Waals surface area contributed by atoms with Crippen LogP contribution >= 0.6 is 0 Å². The SMILES string of the molecule is Cc1cccc2c1N(C)c1cc(-c3c(Oc4ccccc4)cccc3Oc3ccccc3)ccc1N2C. The molecule has 182 valence electrons. The third kappa shape index (κ3) is 4.17. The molecule has 0 atom stereocenters. The average molecular weight is 485 g/mol. The fourth-order valence-corrected chi connectivity index (χ4v) is 5.03. The van der Waals surface area contributed by atoms with E-state index in [0.29, 0.717) is 0 Å². The maximum absolute atomic E-state index is 6.41. The van der Waals surface area contributed by atoms with E-state index in [0.717, 1.165) is 45.5 Å². The zero-order chi connectivity index (χ0) is 25.4. The van der Waals surface area contributed by atoms with Gasteiger partial charge in [-0.05, 0) is 72.6 Å². The van der Waals surface area contributed by atoms with E-state index in [4.69, 9.17) is 9.47 Å². The molecule has 5 aromatic carbocycles. The van der Waals surface area contributed by atoms with E-state index < -0.39 is 0 Å². The standard InChI is InChI=1S/C33H28N2O2/c1-23-12-10-17-28-33(23)35(3)29-22-24(20-21-27(29)34(28)2)32-30(36-25-13-6-4-7-14-25)18-11-19-31(32)37-26-15-8-5-9-16-26/h4-22H,1-3H3. The van der Waals surface area contributed by atoms with Crippen molar-refractivity contribution in [1.29, 1.82) is 0 Å². The molecule has 1 aliphatic heterocycles. The Bertz CT molecular complexity index is 1510. The van der Waals surface area contributed by atoms with Crippen molar-refractivity contribution >= 4 is 22.7 Å². The second kappa shape index (κ2) is 9.40. The van der Waals surface area contributed by atoms with E-state index in [-0.39, 0.29) is 0 Å². The van der Waals surface area contributed by atoms with Crippen LogP contribution in [0.2, 0.25) is 0 Å². The average Bonchev–Trinajstić information content (AvgIpc) is 2.93. The second-order valence-corrected chi connectivity index (χ2v) is 9.22. The number of benzene rings is 5. The van der Waals surface area contributed by atoms with Crippen molar-refractivity contribution in [2.24, 2.45) is 0 Å². The molecule has 0 fully saturated rings. The molecule has 37 heavy (non-hydrogen) atoms. The summed E-state index contributed by atoms with van der Waals surface area (Å²) in [6.07, 6.45) is 0. The third-order valence-electron chi connectivity index (χ3n) is 6.83. The monoisotopic (exact) mass is 484 g/mol. The van der Waals surface area contributed by atoms with E-state index in [2.05, 4.69) is 67.2 Å². The summed E-state index contributed by atoms with van der Waals surface area (Å²) in [5.41, 5.74) is 7.85. The lowest BCUT2D eigenvalue weighted by Crippen LogP contribution is -2.25. The summed E-state index contributed by atoms with van der Waals surface area (Å²) in [5, 5.41) is 0. The quantitative estimate of drug-likeness (QED) is 0.248. The van der Waals surface area contributed by atoms with Crippen molar-refractivity contribution in [1.82, 2.24) is 0 Å². The number of hydrogen-bond acceptors (Lipinski definition) is 4. The van der Waals surface area contributed by atoms with Gasteiger partial charge in [0.25, 0.3) is 0 Å². The minimum absolute atomic E-state index is 0.739. The number of anilines is 4. The van der Waals surface area contributed by atoms with Gasteiger partial charge < -0.3 is 19.3 Å². The van der Waals surface area contributed by atoms with Gasteiger partial charge in [-0.3, -0.25) is 0 Å². The first-order valence-electron chi connectivity index (χ1n) is 12.4. The molecule has 0 saturated carbocycles. The zero-order valence-electron chi connectivity index (χ0n) is 21.2. The normalized spacial score (nSPS) is 12.1. The van der Waals surface area contributed by atoms with Crippen LogP contribution in [0.5, 0.6) is 23.0 Å². The van der Waals surface area contributed by atoms with Gasteiger partial charge in [-0.25, -0.2) is 0 Å². The van der Waals surface area contributed by atoms with Crippen LogP contribution in [0, 0.1) is 6.92 Å². The Morgan fingerprint density at radius 2 is 1.11 bits per heavy atom. The van der Waals surface area contributed by atoms with E-state index in [1.807, 2.05) is 78.9 Å². The molecule has 0 radical (unpaired) electrons. The van der Waals surface area contributed by atoms with Crippen molar-refractivity contribution in [3.63, 3.8) is 0 Å². The number of ether oxygens (including phenoxy) is 2. The molecule has 5 aromatic rings. The number of nitrogens with zero attached hydrogens (tertiary/aromatic N) is 2. The predicted molar refractivity (Wildman–Crippen MR) is 152 cm³/mol. The molecule has 0 unspecified atom stereocenters. The van der Waals surface area contributed by atoms with Gasteiger partial charge in [0.2, 0.25) is 0 Å². The molecule has 0 N–H and O–H groups in total. The lowest BCUT2D eigenvalue weighted by atomic mass is 9.98. The van der Waals surface area contributed by atoms with Crippen molar-refractivity contribution in [3.8, 4) is 34.1 Å². The summed E-state index contributed by atoms with van der Waals surface area (Å²) in [6.45, 7) is 2.16. The molecule has 4 nitrogen and oxygen atoms in total. The first-order chi connectivity index (χ1) is 18.1. The van der Waals surface area contributed by atoms with Crippen molar-refractivity contribution in [3.05, 3.63) is 121 Å². The van der Waals surface area contributed by atoms with E-state index >= 15 is 0 Å². The Kier molecular flexibility index (Phi) is 5.78. The molecule has 0 bridgehead atoms. The summed E-state index contributed by atoms with van der Waals surface area (Å²) in [6, 6.07) is 38.7. The van der Waals surface area contributed by atoms with Gasteiger partial charge in [-0.2, -0.15) is 0 Å². The Hall–Kier alpha value is -4.70. The molecule has 0 saturated heterocycles. The minimum Gasteiger partial charge on any atom is -0.457 e. The second-order valence-electron chi connectivity index (χ2n) is 9.22. The highest BCUT2D eigenvalue weighted by Gasteiger charge is 2.26. The maximum Gasteiger partial charge on any atom is 0.139 e. The zero-order valence-corrected chi connectivity index (χ0v) is 21.2. The van der Waals surface area contributed by atoms with Gasteiger partial charge in [0.05, 0.1) is 28.3 Å². The van der Waals surface area contributed by atoms with Crippen LogP contribution in [-0.2, 0) is 0 Å². The Balaban J connectivity index is 1.50. The molecular weight excluding hydrogens is 456 g/mol. The first kappa shape index (κ1) is 22.7. The molecule has 6 rings (SSSR count). The largest absolute Gasteiger partial charge is 0.457 e.